The molecule has 3 rings (SSSR count). The molecule has 1 radical (unpaired) electrons. The Kier molecular flexibility index (Phi) is 5.92. The largest absolute Gasteiger partial charge is 0.416 e. The zero-order chi connectivity index (χ0) is 21.9. The van der Waals surface area contributed by atoms with Crippen molar-refractivity contribution >= 4 is 13.0 Å². The van der Waals surface area contributed by atoms with Gasteiger partial charge < -0.3 is 4.57 Å². The highest BCUT2D eigenvalue weighted by Gasteiger charge is 2.33. The molecule has 0 saturated heterocycles. The Morgan fingerprint density at radius 2 is 1.47 bits per heavy atom. The third kappa shape index (κ3) is 4.85. The quantitative estimate of drug-likeness (QED) is 0.449. The molecule has 1 aromatic heterocycles. The number of nitriles is 1. The average molecular weight is 420 g/mol. The van der Waals surface area contributed by atoms with E-state index in [1.54, 1.807) is 0 Å². The Hall–Kier alpha value is -3.22. The lowest BCUT2D eigenvalue weighted by atomic mass is 9.58. The zero-order valence-electron chi connectivity index (χ0n) is 15.2. The van der Waals surface area contributed by atoms with Gasteiger partial charge in [0, 0.05) is 12.4 Å². The maximum Gasteiger partial charge on any atom is 0.416 e. The van der Waals surface area contributed by atoms with Crippen LogP contribution in [0.5, 0.6) is 0 Å². The Labute approximate surface area is 168 Å². The van der Waals surface area contributed by atoms with E-state index in [0.29, 0.717) is 0 Å². The van der Waals surface area contributed by atoms with Crippen LogP contribution in [-0.2, 0) is 18.9 Å². The predicted molar refractivity (Wildman–Crippen MR) is 98.0 cm³/mol. The standard InChI is InChI=1S/C20H13BF6N3/c22-19(23,24)15-5-1-3-13(11-15)17(21-18-29-8-10-30(18)9-7-28)14-4-2-6-16(12-14)20(25,26)27/h1-6,8,10-12,17H,9H2. The summed E-state index contributed by atoms with van der Waals surface area (Å²) < 4.78 is 80.6. The van der Waals surface area contributed by atoms with Crippen molar-refractivity contribution in [3.8, 4) is 6.07 Å². The number of alkyl halides is 6. The fraction of sp³-hybridized carbons (Fsp3) is 0.200. The van der Waals surface area contributed by atoms with E-state index in [0.717, 1.165) is 24.3 Å². The van der Waals surface area contributed by atoms with Crippen LogP contribution in [0.1, 0.15) is 28.1 Å². The molecule has 0 fully saturated rings. The van der Waals surface area contributed by atoms with Crippen molar-refractivity contribution in [2.45, 2.75) is 24.7 Å². The molecule has 153 valence electrons. The Morgan fingerprint density at radius 3 is 1.93 bits per heavy atom. The smallest absolute Gasteiger partial charge is 0.330 e. The summed E-state index contributed by atoms with van der Waals surface area (Å²) in [5.41, 5.74) is -1.26. The Balaban J connectivity index is 2.10. The molecule has 10 heteroatoms. The average Bonchev–Trinajstić information content (AvgIpc) is 3.12. The molecule has 0 aliphatic rings. The van der Waals surface area contributed by atoms with Gasteiger partial charge in [-0.05, 0) is 29.1 Å². The number of rotatable bonds is 5. The number of aromatic nitrogens is 2. The fourth-order valence-electron chi connectivity index (χ4n) is 3.04. The summed E-state index contributed by atoms with van der Waals surface area (Å²) in [5, 5.41) is 8.92. The van der Waals surface area contributed by atoms with Crippen molar-refractivity contribution in [2.75, 3.05) is 0 Å². The van der Waals surface area contributed by atoms with E-state index in [4.69, 9.17) is 5.26 Å². The Morgan fingerprint density at radius 1 is 0.933 bits per heavy atom. The molecular formula is C20H13BF6N3. The van der Waals surface area contributed by atoms with Gasteiger partial charge >= 0.3 is 12.4 Å². The van der Waals surface area contributed by atoms with E-state index in [1.807, 2.05) is 6.07 Å². The minimum atomic E-state index is -4.60. The molecule has 0 N–H and O–H groups in total. The van der Waals surface area contributed by atoms with E-state index in [2.05, 4.69) is 4.98 Å². The molecule has 0 amide bonds. The maximum atomic E-state index is 13.2. The minimum Gasteiger partial charge on any atom is -0.330 e. The second kappa shape index (κ2) is 8.26. The first kappa shape index (κ1) is 21.5. The highest BCUT2D eigenvalue weighted by molar-refractivity contribution is 6.54. The number of nitrogens with zero attached hydrogens (tertiary/aromatic N) is 3. The molecule has 2 aromatic carbocycles. The first-order valence-corrected chi connectivity index (χ1v) is 8.67. The van der Waals surface area contributed by atoms with E-state index < -0.39 is 29.3 Å². The molecule has 0 aliphatic carbocycles. The lowest BCUT2D eigenvalue weighted by Crippen LogP contribution is -2.31. The summed E-state index contributed by atoms with van der Waals surface area (Å²) in [4.78, 5) is 4.08. The highest BCUT2D eigenvalue weighted by Crippen LogP contribution is 2.35. The van der Waals surface area contributed by atoms with E-state index in [1.165, 1.54) is 48.5 Å². The van der Waals surface area contributed by atoms with E-state index in [-0.39, 0.29) is 23.4 Å². The SMILES string of the molecule is N#CCn1ccnc1[B]C(c1cccc(C(F)(F)F)c1)c1cccc(C(F)(F)F)c1. The minimum absolute atomic E-state index is 0.0657. The van der Waals surface area contributed by atoms with Gasteiger partial charge in [-0.3, -0.25) is 4.98 Å². The molecule has 3 aromatic rings. The van der Waals surface area contributed by atoms with Gasteiger partial charge in [-0.25, -0.2) is 0 Å². The van der Waals surface area contributed by atoms with Gasteiger partial charge in [-0.2, -0.15) is 31.6 Å². The Bertz CT molecular complexity index is 1010. The lowest BCUT2D eigenvalue weighted by Gasteiger charge is -2.20. The normalized spacial score (nSPS) is 12.1. The van der Waals surface area contributed by atoms with Crippen LogP contribution in [0.4, 0.5) is 26.3 Å². The zero-order valence-corrected chi connectivity index (χ0v) is 15.2. The van der Waals surface area contributed by atoms with Crippen LogP contribution >= 0.6 is 0 Å². The molecule has 0 spiro atoms. The van der Waals surface area contributed by atoms with E-state index in [9.17, 15) is 26.3 Å². The third-order valence-corrected chi connectivity index (χ3v) is 4.45. The molecule has 30 heavy (non-hydrogen) atoms. The van der Waals surface area contributed by atoms with E-state index >= 15 is 0 Å². The summed E-state index contributed by atoms with van der Waals surface area (Å²) in [6.45, 7) is -0.0657. The van der Waals surface area contributed by atoms with Crippen LogP contribution in [0.25, 0.3) is 0 Å². The van der Waals surface area contributed by atoms with Gasteiger partial charge in [-0.15, -0.1) is 0 Å². The second-order valence-corrected chi connectivity index (χ2v) is 6.46. The van der Waals surface area contributed by atoms with Crippen LogP contribution in [0.2, 0.25) is 0 Å². The molecule has 3 nitrogen and oxygen atoms in total. The number of halogens is 6. The van der Waals surface area contributed by atoms with Gasteiger partial charge in [0.05, 0.1) is 22.9 Å². The van der Waals surface area contributed by atoms with Gasteiger partial charge in [-0.1, -0.05) is 36.4 Å². The van der Waals surface area contributed by atoms with Crippen LogP contribution in [0.15, 0.2) is 60.9 Å². The molecule has 0 unspecified atom stereocenters. The topological polar surface area (TPSA) is 41.6 Å². The number of hydrogen-bond donors (Lipinski definition) is 0. The predicted octanol–water partition coefficient (Wildman–Crippen LogP) is 4.56. The van der Waals surface area contributed by atoms with Crippen molar-refractivity contribution < 1.29 is 26.3 Å². The molecule has 1 heterocycles. The number of imidazole rings is 1. The van der Waals surface area contributed by atoms with Crippen LogP contribution in [0, 0.1) is 11.3 Å². The molecule has 0 aliphatic heterocycles. The van der Waals surface area contributed by atoms with Crippen molar-refractivity contribution in [3.05, 3.63) is 83.2 Å². The maximum absolute atomic E-state index is 13.2. The summed E-state index contributed by atoms with van der Waals surface area (Å²) in [6.07, 6.45) is -6.30. The third-order valence-electron chi connectivity index (χ3n) is 4.45. The van der Waals surface area contributed by atoms with Crippen molar-refractivity contribution in [1.29, 1.82) is 5.26 Å². The molecule has 0 saturated carbocycles. The molecule has 0 bridgehead atoms. The molecule has 0 atom stereocenters. The monoisotopic (exact) mass is 420 g/mol. The highest BCUT2D eigenvalue weighted by atomic mass is 19.4. The van der Waals surface area contributed by atoms with Crippen LogP contribution in [-0.4, -0.2) is 16.8 Å². The second-order valence-electron chi connectivity index (χ2n) is 6.46. The van der Waals surface area contributed by atoms with Gasteiger partial charge in [0.1, 0.15) is 6.54 Å². The molecular weight excluding hydrogens is 407 g/mol. The summed E-state index contributed by atoms with van der Waals surface area (Å²) >= 11 is 0. The van der Waals surface area contributed by atoms with Gasteiger partial charge in [0.2, 0.25) is 7.28 Å². The number of hydrogen-bond acceptors (Lipinski definition) is 2. The summed E-state index contributed by atoms with van der Waals surface area (Å²) in [6, 6.07) is 10.7. The number of benzene rings is 2. The van der Waals surface area contributed by atoms with Crippen molar-refractivity contribution in [1.82, 2.24) is 9.55 Å². The first-order chi connectivity index (χ1) is 14.1. The summed E-state index contributed by atoms with van der Waals surface area (Å²) in [7, 11) is 1.45. The summed E-state index contributed by atoms with van der Waals surface area (Å²) in [5.74, 6) is -0.950. The van der Waals surface area contributed by atoms with Gasteiger partial charge in [0.15, 0.2) is 0 Å². The van der Waals surface area contributed by atoms with Crippen molar-refractivity contribution in [2.24, 2.45) is 0 Å². The van der Waals surface area contributed by atoms with Crippen molar-refractivity contribution in [3.63, 3.8) is 0 Å². The fourth-order valence-corrected chi connectivity index (χ4v) is 3.04. The van der Waals surface area contributed by atoms with Crippen LogP contribution in [0.3, 0.4) is 0 Å². The van der Waals surface area contributed by atoms with Gasteiger partial charge in [0.25, 0.3) is 0 Å². The van der Waals surface area contributed by atoms with Crippen LogP contribution < -0.4 is 5.72 Å². The first-order valence-electron chi connectivity index (χ1n) is 8.67. The lowest BCUT2D eigenvalue weighted by molar-refractivity contribution is -0.138.